The van der Waals surface area contributed by atoms with Crippen LogP contribution >= 0.6 is 0 Å². The number of benzene rings is 2. The van der Waals surface area contributed by atoms with Crippen molar-refractivity contribution in [2.45, 2.75) is 25.3 Å². The van der Waals surface area contributed by atoms with E-state index in [4.69, 9.17) is 9.15 Å². The van der Waals surface area contributed by atoms with Crippen LogP contribution in [-0.4, -0.2) is 35.7 Å². The van der Waals surface area contributed by atoms with E-state index in [-0.39, 0.29) is 36.2 Å². The molecule has 28 heavy (non-hydrogen) atoms. The average Bonchev–Trinajstić information content (AvgIpc) is 3.09. The number of oxazole rings is 1. The normalized spacial score (nSPS) is 11.8. The first-order valence-corrected chi connectivity index (χ1v) is 10.1. The number of rotatable bonds is 8. The molecule has 3 aromatic rings. The second-order valence-electron chi connectivity index (χ2n) is 5.84. The molecule has 0 spiro atoms. The van der Waals surface area contributed by atoms with E-state index in [0.29, 0.717) is 11.1 Å². The van der Waals surface area contributed by atoms with Gasteiger partial charge in [-0.15, -0.1) is 0 Å². The lowest BCUT2D eigenvalue weighted by molar-refractivity contribution is -0.386. The number of hydrogen-bond acceptors (Lipinski definition) is 7. The lowest BCUT2D eigenvalue weighted by Gasteiger charge is -2.18. The van der Waals surface area contributed by atoms with Gasteiger partial charge in [0.05, 0.1) is 9.82 Å². The summed E-state index contributed by atoms with van der Waals surface area (Å²) < 4.78 is 37.4. The molecule has 0 aliphatic carbocycles. The Bertz CT molecular complexity index is 1070. The van der Waals surface area contributed by atoms with E-state index in [0.717, 1.165) is 6.07 Å². The third kappa shape index (κ3) is 3.82. The minimum absolute atomic E-state index is 0.0641. The largest absolute Gasteiger partial charge is 0.477 e. The van der Waals surface area contributed by atoms with E-state index >= 15 is 0 Å². The zero-order valence-electron chi connectivity index (χ0n) is 15.4. The number of nitrogens with zero attached hydrogens (tertiary/aromatic N) is 3. The highest BCUT2D eigenvalue weighted by Crippen LogP contribution is 2.31. The molecule has 0 atom stereocenters. The molecule has 148 valence electrons. The molecule has 0 radical (unpaired) electrons. The third-order valence-corrected chi connectivity index (χ3v) is 6.21. The number of hydrogen-bond donors (Lipinski definition) is 0. The summed E-state index contributed by atoms with van der Waals surface area (Å²) in [5, 5.41) is 11.4. The van der Waals surface area contributed by atoms with E-state index in [1.807, 2.05) is 6.07 Å². The zero-order valence-corrected chi connectivity index (χ0v) is 16.2. The molecule has 0 saturated heterocycles. The number of para-hydroxylation sites is 2. The van der Waals surface area contributed by atoms with Gasteiger partial charge in [0.15, 0.2) is 17.9 Å². The predicted molar refractivity (Wildman–Crippen MR) is 102 cm³/mol. The lowest BCUT2D eigenvalue weighted by atomic mass is 10.3. The van der Waals surface area contributed by atoms with Crippen molar-refractivity contribution < 1.29 is 22.5 Å². The molecule has 10 heteroatoms. The van der Waals surface area contributed by atoms with Crippen LogP contribution in [0.3, 0.4) is 0 Å². The molecule has 1 heterocycles. The maximum Gasteiger partial charge on any atom is 0.312 e. The number of sulfonamides is 1. The van der Waals surface area contributed by atoms with Gasteiger partial charge >= 0.3 is 5.69 Å². The Balaban J connectivity index is 1.88. The molecular weight excluding hydrogens is 386 g/mol. The SMILES string of the molecule is CCN(CC)S(=O)(=O)c1ccc(OCc2nc3ccccc3o2)c([N+](=O)[O-])c1. The van der Waals surface area contributed by atoms with Crippen molar-refractivity contribution in [1.82, 2.24) is 9.29 Å². The summed E-state index contributed by atoms with van der Waals surface area (Å²) in [6.45, 7) is 3.81. The first kappa shape index (κ1) is 19.8. The highest BCUT2D eigenvalue weighted by atomic mass is 32.2. The van der Waals surface area contributed by atoms with Crippen LogP contribution in [0.15, 0.2) is 51.8 Å². The fourth-order valence-corrected chi connectivity index (χ4v) is 4.23. The molecule has 0 bridgehead atoms. The maximum absolute atomic E-state index is 12.6. The van der Waals surface area contributed by atoms with E-state index < -0.39 is 20.6 Å². The van der Waals surface area contributed by atoms with Gasteiger partial charge in [0.2, 0.25) is 15.9 Å². The molecule has 0 unspecified atom stereocenters. The van der Waals surface area contributed by atoms with Crippen LogP contribution in [0, 0.1) is 10.1 Å². The van der Waals surface area contributed by atoms with Crippen LogP contribution in [-0.2, 0) is 16.6 Å². The maximum atomic E-state index is 12.6. The van der Waals surface area contributed by atoms with Crippen LogP contribution in [0.25, 0.3) is 11.1 Å². The smallest absolute Gasteiger partial charge is 0.312 e. The molecule has 0 aliphatic rings. The molecular formula is C18H19N3O6S. The first-order chi connectivity index (χ1) is 13.4. The van der Waals surface area contributed by atoms with Crippen molar-refractivity contribution in [3.63, 3.8) is 0 Å². The summed E-state index contributed by atoms with van der Waals surface area (Å²) in [4.78, 5) is 14.8. The van der Waals surface area contributed by atoms with Crippen molar-refractivity contribution in [1.29, 1.82) is 0 Å². The van der Waals surface area contributed by atoms with Crippen molar-refractivity contribution in [3.8, 4) is 5.75 Å². The van der Waals surface area contributed by atoms with Gasteiger partial charge in [0, 0.05) is 19.2 Å². The number of aromatic nitrogens is 1. The molecule has 0 aliphatic heterocycles. The molecule has 1 aromatic heterocycles. The highest BCUT2D eigenvalue weighted by molar-refractivity contribution is 7.89. The summed E-state index contributed by atoms with van der Waals surface area (Å²) in [6, 6.07) is 10.7. The van der Waals surface area contributed by atoms with Gasteiger partial charge in [-0.2, -0.15) is 4.31 Å². The number of ether oxygens (including phenoxy) is 1. The van der Waals surface area contributed by atoms with E-state index in [2.05, 4.69) is 4.98 Å². The number of nitro groups is 1. The van der Waals surface area contributed by atoms with Crippen molar-refractivity contribution in [2.75, 3.05) is 13.1 Å². The molecule has 9 nitrogen and oxygen atoms in total. The fraction of sp³-hybridized carbons (Fsp3) is 0.278. The van der Waals surface area contributed by atoms with Crippen molar-refractivity contribution in [3.05, 3.63) is 58.5 Å². The lowest BCUT2D eigenvalue weighted by Crippen LogP contribution is -2.30. The molecule has 3 rings (SSSR count). The standard InChI is InChI=1S/C18H19N3O6S/c1-3-20(4-2)28(24,25)13-9-10-17(15(11-13)21(22)23)26-12-18-19-14-7-5-6-8-16(14)27-18/h5-11H,3-4,12H2,1-2H3. The van der Waals surface area contributed by atoms with Gasteiger partial charge in [-0.1, -0.05) is 26.0 Å². The Hall–Kier alpha value is -2.98. The minimum Gasteiger partial charge on any atom is -0.477 e. The van der Waals surface area contributed by atoms with E-state index in [9.17, 15) is 18.5 Å². The highest BCUT2D eigenvalue weighted by Gasteiger charge is 2.26. The van der Waals surface area contributed by atoms with Gasteiger partial charge in [-0.25, -0.2) is 13.4 Å². The summed E-state index contributed by atoms with van der Waals surface area (Å²) in [5.41, 5.74) is 0.789. The molecule has 2 aromatic carbocycles. The van der Waals surface area contributed by atoms with E-state index in [1.165, 1.54) is 16.4 Å². The molecule has 0 amide bonds. The topological polar surface area (TPSA) is 116 Å². The van der Waals surface area contributed by atoms with Crippen molar-refractivity contribution in [2.24, 2.45) is 0 Å². The molecule has 0 fully saturated rings. The van der Waals surface area contributed by atoms with Crippen molar-refractivity contribution >= 4 is 26.8 Å². The Labute approximate surface area is 161 Å². The van der Waals surface area contributed by atoms with E-state index in [1.54, 1.807) is 32.0 Å². The number of nitro benzene ring substituents is 1. The van der Waals surface area contributed by atoms with Crippen LogP contribution in [0.2, 0.25) is 0 Å². The Morgan fingerprint density at radius 1 is 1.18 bits per heavy atom. The van der Waals surface area contributed by atoms with Gasteiger partial charge in [-0.3, -0.25) is 10.1 Å². The first-order valence-electron chi connectivity index (χ1n) is 8.62. The Kier molecular flexibility index (Phi) is 5.61. The monoisotopic (exact) mass is 405 g/mol. The van der Waals surface area contributed by atoms with Crippen LogP contribution in [0.5, 0.6) is 5.75 Å². The van der Waals surface area contributed by atoms with Crippen LogP contribution < -0.4 is 4.74 Å². The summed E-state index contributed by atoms with van der Waals surface area (Å²) in [7, 11) is -3.82. The summed E-state index contributed by atoms with van der Waals surface area (Å²) in [6.07, 6.45) is 0. The molecule has 0 N–H and O–H groups in total. The van der Waals surface area contributed by atoms with Crippen LogP contribution in [0.1, 0.15) is 19.7 Å². The Morgan fingerprint density at radius 2 is 1.89 bits per heavy atom. The second-order valence-corrected chi connectivity index (χ2v) is 7.78. The van der Waals surface area contributed by atoms with Gasteiger partial charge < -0.3 is 9.15 Å². The van der Waals surface area contributed by atoms with Crippen LogP contribution in [0.4, 0.5) is 5.69 Å². The third-order valence-electron chi connectivity index (χ3n) is 4.16. The molecule has 0 saturated carbocycles. The predicted octanol–water partition coefficient (Wildman–Crippen LogP) is 3.35. The van der Waals surface area contributed by atoms with Gasteiger partial charge in [0.25, 0.3) is 0 Å². The average molecular weight is 405 g/mol. The zero-order chi connectivity index (χ0) is 20.3. The number of fused-ring (bicyclic) bond motifs is 1. The summed E-state index contributed by atoms with van der Waals surface area (Å²) >= 11 is 0. The minimum atomic E-state index is -3.82. The second kappa shape index (κ2) is 7.95. The fourth-order valence-electron chi connectivity index (χ4n) is 2.76. The quantitative estimate of drug-likeness (QED) is 0.417. The Morgan fingerprint density at radius 3 is 2.54 bits per heavy atom. The van der Waals surface area contributed by atoms with Gasteiger partial charge in [-0.05, 0) is 24.3 Å². The summed E-state index contributed by atoms with van der Waals surface area (Å²) in [5.74, 6) is 0.195. The van der Waals surface area contributed by atoms with Gasteiger partial charge in [0.1, 0.15) is 5.52 Å².